The number of fused-ring (bicyclic) bond motifs is 5. The van der Waals surface area contributed by atoms with E-state index in [1.54, 1.807) is 44.2 Å². The van der Waals surface area contributed by atoms with E-state index in [-0.39, 0.29) is 18.1 Å². The van der Waals surface area contributed by atoms with Gasteiger partial charge in [0.05, 0.1) is 12.2 Å². The molecule has 0 unspecified atom stereocenters. The Labute approximate surface area is 189 Å². The normalized spacial score (nSPS) is 16.7. The smallest absolute Gasteiger partial charge is 0.244 e. The molecule has 3 aromatic rings. The summed E-state index contributed by atoms with van der Waals surface area (Å²) in [5.41, 5.74) is 9.18. The van der Waals surface area contributed by atoms with Crippen LogP contribution in [0.1, 0.15) is 42.5 Å². The van der Waals surface area contributed by atoms with Crippen LogP contribution < -0.4 is 10.5 Å². The van der Waals surface area contributed by atoms with Crippen molar-refractivity contribution in [2.75, 3.05) is 12.8 Å². The Morgan fingerprint density at radius 3 is 2.82 bits per heavy atom. The number of amides is 1. The number of rotatable bonds is 0. The highest BCUT2D eigenvalue weighted by molar-refractivity contribution is 6.05. The van der Waals surface area contributed by atoms with Crippen molar-refractivity contribution in [2.45, 2.75) is 26.5 Å². The van der Waals surface area contributed by atoms with Crippen molar-refractivity contribution in [1.82, 2.24) is 19.7 Å². The maximum atomic E-state index is 14.2. The number of pyridine rings is 1. The summed E-state index contributed by atoms with van der Waals surface area (Å²) in [7, 11) is 3.43. The SMILES string of the molecule is CC(=O)/N=C1/c2ccc(F)cc2[C@@H](C)Oc2cc(cnc2N)-c2c(nn(C)c2C#N)CN1C. The van der Waals surface area contributed by atoms with Gasteiger partial charge in [0, 0.05) is 49.5 Å². The van der Waals surface area contributed by atoms with E-state index in [0.29, 0.717) is 39.5 Å². The van der Waals surface area contributed by atoms with Crippen LogP contribution in [0.4, 0.5) is 10.2 Å². The summed E-state index contributed by atoms with van der Waals surface area (Å²) in [4.78, 5) is 22.2. The molecule has 9 nitrogen and oxygen atoms in total. The topological polar surface area (TPSA) is 122 Å². The number of halogens is 1. The van der Waals surface area contributed by atoms with Gasteiger partial charge in [-0.1, -0.05) is 0 Å². The van der Waals surface area contributed by atoms with Crippen LogP contribution in [0.2, 0.25) is 0 Å². The number of aryl methyl sites for hydroxylation is 1. The van der Waals surface area contributed by atoms with E-state index >= 15 is 0 Å². The van der Waals surface area contributed by atoms with Gasteiger partial charge in [-0.3, -0.25) is 9.48 Å². The molecule has 1 aromatic carbocycles. The van der Waals surface area contributed by atoms with Gasteiger partial charge in [-0.2, -0.15) is 15.4 Å². The van der Waals surface area contributed by atoms with Gasteiger partial charge in [0.15, 0.2) is 11.6 Å². The van der Waals surface area contributed by atoms with Crippen molar-refractivity contribution in [3.8, 4) is 22.9 Å². The summed E-state index contributed by atoms with van der Waals surface area (Å²) in [5.74, 6) is -0.0948. The molecule has 1 amide bonds. The molecule has 0 radical (unpaired) electrons. The number of nitrogens with zero attached hydrogens (tertiary/aromatic N) is 6. The lowest BCUT2D eigenvalue weighted by atomic mass is 9.99. The number of aliphatic imine (C=N–C) groups is 1. The fraction of sp³-hybridized carbons (Fsp3) is 0.261. The molecule has 2 aromatic heterocycles. The largest absolute Gasteiger partial charge is 0.482 e. The molecule has 3 heterocycles. The predicted octanol–water partition coefficient (Wildman–Crippen LogP) is 2.95. The third-order valence-electron chi connectivity index (χ3n) is 5.40. The Hall–Kier alpha value is -4.26. The van der Waals surface area contributed by atoms with Gasteiger partial charge in [-0.25, -0.2) is 9.37 Å². The van der Waals surface area contributed by atoms with Crippen molar-refractivity contribution in [2.24, 2.45) is 12.0 Å². The Bertz CT molecular complexity index is 1340. The van der Waals surface area contributed by atoms with Crippen molar-refractivity contribution >= 4 is 17.6 Å². The minimum Gasteiger partial charge on any atom is -0.482 e. The van der Waals surface area contributed by atoms with E-state index in [4.69, 9.17) is 10.5 Å². The van der Waals surface area contributed by atoms with E-state index in [1.165, 1.54) is 23.7 Å². The zero-order valence-corrected chi connectivity index (χ0v) is 18.6. The van der Waals surface area contributed by atoms with Crippen LogP contribution in [0.3, 0.4) is 0 Å². The second-order valence-electron chi connectivity index (χ2n) is 7.82. The summed E-state index contributed by atoms with van der Waals surface area (Å²) >= 11 is 0. The monoisotopic (exact) mass is 447 g/mol. The zero-order valence-electron chi connectivity index (χ0n) is 18.6. The first-order valence-electron chi connectivity index (χ1n) is 10.2. The minimum absolute atomic E-state index is 0.152. The standard InChI is InChI=1S/C23H22FN7O2/c1-12-17-8-15(24)5-6-16(17)23(28-13(2)32)30(3)11-18-21(19(9-25)31(4)29-18)14-7-20(33-12)22(26)27-10-14/h5-8,10,12H,11H2,1-4H3,(H2,26,27)/b28-23-/t12-/m1/s1. The zero-order chi connectivity index (χ0) is 23.9. The average molecular weight is 447 g/mol. The number of benzene rings is 1. The molecule has 0 spiro atoms. The number of aromatic nitrogens is 3. The molecular weight excluding hydrogens is 425 g/mol. The Balaban J connectivity index is 2.03. The number of ether oxygens (including phenoxy) is 1. The lowest BCUT2D eigenvalue weighted by Gasteiger charge is -2.26. The van der Waals surface area contributed by atoms with Gasteiger partial charge in [0.2, 0.25) is 5.91 Å². The van der Waals surface area contributed by atoms with Gasteiger partial charge in [-0.15, -0.1) is 0 Å². The second-order valence-corrected chi connectivity index (χ2v) is 7.82. The van der Waals surface area contributed by atoms with Gasteiger partial charge in [0.1, 0.15) is 29.5 Å². The summed E-state index contributed by atoms with van der Waals surface area (Å²) in [6.07, 6.45) is 0.905. The number of carbonyl (C=O) groups excluding carboxylic acids is 1. The second kappa shape index (κ2) is 8.35. The molecule has 4 rings (SSSR count). The molecule has 2 bridgehead atoms. The first kappa shape index (κ1) is 22.0. The molecule has 2 N–H and O–H groups in total. The summed E-state index contributed by atoms with van der Waals surface area (Å²) in [5, 5.41) is 14.3. The van der Waals surface area contributed by atoms with Crippen LogP contribution in [0, 0.1) is 17.1 Å². The highest BCUT2D eigenvalue weighted by Gasteiger charge is 2.26. The fourth-order valence-corrected chi connectivity index (χ4v) is 3.94. The van der Waals surface area contributed by atoms with Crippen molar-refractivity contribution < 1.29 is 13.9 Å². The Morgan fingerprint density at radius 2 is 2.12 bits per heavy atom. The fourth-order valence-electron chi connectivity index (χ4n) is 3.94. The van der Waals surface area contributed by atoms with Crippen LogP contribution in [0.25, 0.3) is 11.1 Å². The van der Waals surface area contributed by atoms with Crippen LogP contribution in [-0.2, 0) is 18.4 Å². The van der Waals surface area contributed by atoms with Crippen molar-refractivity contribution in [3.05, 3.63) is 58.8 Å². The summed E-state index contributed by atoms with van der Waals surface area (Å²) in [6.45, 7) is 3.32. The Kier molecular flexibility index (Phi) is 5.55. The maximum absolute atomic E-state index is 14.2. The number of nitrogen functional groups attached to an aromatic ring is 1. The van der Waals surface area contributed by atoms with Crippen LogP contribution in [0.15, 0.2) is 35.5 Å². The first-order valence-corrected chi connectivity index (χ1v) is 10.2. The summed E-state index contributed by atoms with van der Waals surface area (Å²) in [6, 6.07) is 8.10. The number of nitriles is 1. The van der Waals surface area contributed by atoms with E-state index in [0.717, 1.165) is 0 Å². The molecule has 1 aliphatic rings. The molecule has 1 aliphatic heterocycles. The number of amidine groups is 1. The maximum Gasteiger partial charge on any atom is 0.244 e. The third-order valence-corrected chi connectivity index (χ3v) is 5.40. The van der Waals surface area contributed by atoms with E-state index in [2.05, 4.69) is 21.1 Å². The third kappa shape index (κ3) is 4.01. The molecular formula is C23H22FN7O2. The van der Waals surface area contributed by atoms with Crippen LogP contribution in [0.5, 0.6) is 5.75 Å². The van der Waals surface area contributed by atoms with Gasteiger partial charge in [0.25, 0.3) is 0 Å². The molecule has 168 valence electrons. The van der Waals surface area contributed by atoms with Crippen molar-refractivity contribution in [1.29, 1.82) is 5.26 Å². The Morgan fingerprint density at radius 1 is 1.36 bits per heavy atom. The average Bonchev–Trinajstić information content (AvgIpc) is 3.07. The molecule has 0 fully saturated rings. The lowest BCUT2D eigenvalue weighted by Crippen LogP contribution is -2.30. The van der Waals surface area contributed by atoms with Crippen LogP contribution >= 0.6 is 0 Å². The van der Waals surface area contributed by atoms with Gasteiger partial charge < -0.3 is 15.4 Å². The molecule has 33 heavy (non-hydrogen) atoms. The van der Waals surface area contributed by atoms with Crippen molar-refractivity contribution in [3.63, 3.8) is 0 Å². The number of carbonyl (C=O) groups is 1. The highest BCUT2D eigenvalue weighted by Crippen LogP contribution is 2.35. The molecule has 0 aliphatic carbocycles. The summed E-state index contributed by atoms with van der Waals surface area (Å²) < 4.78 is 21.8. The molecule has 10 heteroatoms. The quantitative estimate of drug-likeness (QED) is 0.562. The first-order chi connectivity index (χ1) is 15.7. The number of hydrogen-bond acceptors (Lipinski definition) is 6. The lowest BCUT2D eigenvalue weighted by molar-refractivity contribution is -0.115. The van der Waals surface area contributed by atoms with E-state index < -0.39 is 17.8 Å². The molecule has 0 saturated heterocycles. The highest BCUT2D eigenvalue weighted by atomic mass is 19.1. The van der Waals surface area contributed by atoms with Crippen LogP contribution in [-0.4, -0.2) is 38.5 Å². The van der Waals surface area contributed by atoms with Gasteiger partial charge >= 0.3 is 0 Å². The number of nitrogens with two attached hydrogens (primary N) is 1. The van der Waals surface area contributed by atoms with E-state index in [9.17, 15) is 14.4 Å². The number of anilines is 1. The molecule has 1 atom stereocenters. The molecule has 0 saturated carbocycles. The number of hydrogen-bond donors (Lipinski definition) is 1. The van der Waals surface area contributed by atoms with E-state index in [1.807, 2.05) is 0 Å². The minimum atomic E-state index is -0.649. The predicted molar refractivity (Wildman–Crippen MR) is 120 cm³/mol. The van der Waals surface area contributed by atoms with Gasteiger partial charge in [-0.05, 0) is 31.2 Å².